The van der Waals surface area contributed by atoms with E-state index in [1.807, 2.05) is 30.7 Å². The van der Waals surface area contributed by atoms with E-state index in [0.717, 1.165) is 17.8 Å². The molecule has 0 spiro atoms. The highest BCUT2D eigenvalue weighted by Crippen LogP contribution is 2.23. The van der Waals surface area contributed by atoms with Crippen LogP contribution in [-0.4, -0.2) is 37.4 Å². The predicted molar refractivity (Wildman–Crippen MR) is 103 cm³/mol. The first-order valence-corrected chi connectivity index (χ1v) is 9.05. The summed E-state index contributed by atoms with van der Waals surface area (Å²) in [5.74, 6) is 0.415. The molecule has 0 bridgehead atoms. The second kappa shape index (κ2) is 8.26. The lowest BCUT2D eigenvalue weighted by molar-refractivity contribution is 0.0777. The molecular weight excluding hydrogens is 366 g/mol. The minimum absolute atomic E-state index is 0.157. The Bertz CT molecular complexity index is 934. The third-order valence-electron chi connectivity index (χ3n) is 4.31. The number of ether oxygens (including phenoxy) is 1. The first kappa shape index (κ1) is 19.0. The van der Waals surface area contributed by atoms with E-state index in [-0.39, 0.29) is 12.6 Å². The van der Waals surface area contributed by atoms with Crippen molar-refractivity contribution < 1.29 is 9.53 Å². The van der Waals surface area contributed by atoms with E-state index in [4.69, 9.17) is 16.3 Å². The van der Waals surface area contributed by atoms with Gasteiger partial charge < -0.3 is 9.64 Å². The highest BCUT2D eigenvalue weighted by Gasteiger charge is 2.17. The number of benzene rings is 1. The molecule has 0 saturated carbocycles. The topological polar surface area (TPSA) is 65.2 Å². The molecule has 0 N–H and O–H groups in total. The van der Waals surface area contributed by atoms with Crippen molar-refractivity contribution in [2.75, 3.05) is 7.05 Å². The fourth-order valence-corrected chi connectivity index (χ4v) is 2.92. The van der Waals surface area contributed by atoms with Gasteiger partial charge in [0.25, 0.3) is 5.91 Å². The predicted octanol–water partition coefficient (Wildman–Crippen LogP) is 3.37. The number of hydrogen-bond donors (Lipinski definition) is 0. The molecule has 8 heteroatoms. The van der Waals surface area contributed by atoms with Crippen molar-refractivity contribution in [2.24, 2.45) is 0 Å². The Hall–Kier alpha value is -2.80. The molecule has 3 aromatic rings. The summed E-state index contributed by atoms with van der Waals surface area (Å²) in [4.78, 5) is 14.3. The van der Waals surface area contributed by atoms with Gasteiger partial charge in [-0.3, -0.25) is 9.48 Å². The summed E-state index contributed by atoms with van der Waals surface area (Å²) >= 11 is 6.07. The zero-order chi connectivity index (χ0) is 19.4. The van der Waals surface area contributed by atoms with Crippen molar-refractivity contribution in [3.8, 4) is 5.75 Å². The summed E-state index contributed by atoms with van der Waals surface area (Å²) in [6.45, 7) is 5.50. The number of carbonyl (C=O) groups is 1. The summed E-state index contributed by atoms with van der Waals surface area (Å²) in [5.41, 5.74) is 2.45. The highest BCUT2D eigenvalue weighted by molar-refractivity contribution is 6.32. The van der Waals surface area contributed by atoms with Crippen LogP contribution in [0.2, 0.25) is 5.02 Å². The molecule has 0 unspecified atom stereocenters. The zero-order valence-electron chi connectivity index (χ0n) is 15.6. The minimum Gasteiger partial charge on any atom is -0.470 e. The first-order chi connectivity index (χ1) is 13.0. The van der Waals surface area contributed by atoms with Crippen LogP contribution in [0.1, 0.15) is 28.7 Å². The third-order valence-corrected chi connectivity index (χ3v) is 4.62. The number of halogens is 1. The molecule has 0 fully saturated rings. The van der Waals surface area contributed by atoms with Crippen LogP contribution in [0.5, 0.6) is 5.75 Å². The van der Waals surface area contributed by atoms with Crippen molar-refractivity contribution in [2.45, 2.75) is 33.7 Å². The molecule has 27 heavy (non-hydrogen) atoms. The smallest absolute Gasteiger partial charge is 0.274 e. The molecule has 3 rings (SSSR count). The number of para-hydroxylation sites is 1. The van der Waals surface area contributed by atoms with Crippen molar-refractivity contribution >= 4 is 17.5 Å². The van der Waals surface area contributed by atoms with Crippen LogP contribution in [0, 0.1) is 6.92 Å². The van der Waals surface area contributed by atoms with Gasteiger partial charge in [-0.1, -0.05) is 23.7 Å². The Balaban J connectivity index is 1.62. The lowest BCUT2D eigenvalue weighted by Crippen LogP contribution is -2.27. The van der Waals surface area contributed by atoms with Gasteiger partial charge >= 0.3 is 0 Å². The van der Waals surface area contributed by atoms with E-state index in [2.05, 4.69) is 10.2 Å². The van der Waals surface area contributed by atoms with Gasteiger partial charge in [-0.05, 0) is 32.0 Å². The second-order valence-electron chi connectivity index (χ2n) is 6.18. The lowest BCUT2D eigenvalue weighted by Gasteiger charge is -2.15. The van der Waals surface area contributed by atoms with Gasteiger partial charge in [0.1, 0.15) is 5.75 Å². The minimum atomic E-state index is -0.157. The van der Waals surface area contributed by atoms with Crippen LogP contribution >= 0.6 is 11.6 Å². The molecule has 1 amide bonds. The van der Waals surface area contributed by atoms with Crippen molar-refractivity contribution in [1.29, 1.82) is 0 Å². The van der Waals surface area contributed by atoms with Gasteiger partial charge in [-0.2, -0.15) is 10.2 Å². The molecule has 7 nitrogen and oxygen atoms in total. The van der Waals surface area contributed by atoms with Crippen molar-refractivity contribution in [1.82, 2.24) is 24.5 Å². The maximum absolute atomic E-state index is 12.6. The molecular formula is C19H22ClN5O2. The molecule has 0 aliphatic rings. The summed E-state index contributed by atoms with van der Waals surface area (Å²) < 4.78 is 9.11. The standard InChI is InChI=1S/C19H22ClN5O2/c1-4-25-14(2)15(11-21-25)12-23(3)19(26)17-9-10-24(22-17)13-27-18-8-6-5-7-16(18)20/h5-11H,4,12-13H2,1-3H3. The average Bonchev–Trinajstić information content (AvgIpc) is 3.27. The van der Waals surface area contributed by atoms with Gasteiger partial charge in [0, 0.05) is 37.6 Å². The molecule has 0 atom stereocenters. The van der Waals surface area contributed by atoms with Gasteiger partial charge in [-0.25, -0.2) is 4.68 Å². The first-order valence-electron chi connectivity index (χ1n) is 8.67. The molecule has 0 aliphatic carbocycles. The number of amides is 1. The maximum Gasteiger partial charge on any atom is 0.274 e. The number of hydrogen-bond acceptors (Lipinski definition) is 4. The SMILES string of the molecule is CCn1ncc(CN(C)C(=O)c2ccn(COc3ccccc3Cl)n2)c1C. The lowest BCUT2D eigenvalue weighted by atomic mass is 10.2. The molecule has 0 aliphatic heterocycles. The van der Waals surface area contributed by atoms with Crippen molar-refractivity contribution in [3.05, 3.63) is 64.7 Å². The van der Waals surface area contributed by atoms with Crippen LogP contribution in [0.4, 0.5) is 0 Å². The molecule has 0 radical (unpaired) electrons. The Labute approximate surface area is 163 Å². The summed E-state index contributed by atoms with van der Waals surface area (Å²) in [6, 6.07) is 8.90. The van der Waals surface area contributed by atoms with Crippen molar-refractivity contribution in [3.63, 3.8) is 0 Å². The largest absolute Gasteiger partial charge is 0.470 e. The molecule has 2 aromatic heterocycles. The molecule has 2 heterocycles. The Kier molecular flexibility index (Phi) is 5.81. The molecule has 1 aromatic carbocycles. The Morgan fingerprint density at radius 1 is 1.30 bits per heavy atom. The highest BCUT2D eigenvalue weighted by atomic mass is 35.5. The fraction of sp³-hybridized carbons (Fsp3) is 0.316. The molecule has 142 valence electrons. The number of rotatable bonds is 7. The fourth-order valence-electron chi connectivity index (χ4n) is 2.73. The monoisotopic (exact) mass is 387 g/mol. The van der Waals surface area contributed by atoms with Crippen LogP contribution < -0.4 is 4.74 Å². The quantitative estimate of drug-likeness (QED) is 0.623. The number of carbonyl (C=O) groups excluding carboxylic acids is 1. The number of nitrogens with zero attached hydrogens (tertiary/aromatic N) is 5. The normalized spacial score (nSPS) is 10.8. The van der Waals surface area contributed by atoms with Gasteiger partial charge in [0.15, 0.2) is 12.4 Å². The molecule has 0 saturated heterocycles. The summed E-state index contributed by atoms with van der Waals surface area (Å²) in [7, 11) is 1.75. The summed E-state index contributed by atoms with van der Waals surface area (Å²) in [6.07, 6.45) is 3.51. The van der Waals surface area contributed by atoms with Gasteiger partial charge in [0.05, 0.1) is 11.2 Å². The van der Waals surface area contributed by atoms with Crippen LogP contribution in [0.25, 0.3) is 0 Å². The summed E-state index contributed by atoms with van der Waals surface area (Å²) in [5, 5.41) is 9.14. The maximum atomic E-state index is 12.6. The van der Waals surface area contributed by atoms with E-state index >= 15 is 0 Å². The number of aryl methyl sites for hydroxylation is 1. The second-order valence-corrected chi connectivity index (χ2v) is 6.58. The van der Waals surface area contributed by atoms with Crippen LogP contribution in [0.15, 0.2) is 42.7 Å². The Morgan fingerprint density at radius 2 is 2.07 bits per heavy atom. The van der Waals surface area contributed by atoms with Crippen LogP contribution in [0.3, 0.4) is 0 Å². The van der Waals surface area contributed by atoms with Crippen LogP contribution in [-0.2, 0) is 19.8 Å². The zero-order valence-corrected chi connectivity index (χ0v) is 16.3. The van der Waals surface area contributed by atoms with Gasteiger partial charge in [0.2, 0.25) is 0 Å². The van der Waals surface area contributed by atoms with E-state index in [1.54, 1.807) is 47.2 Å². The average molecular weight is 388 g/mol. The van der Waals surface area contributed by atoms with E-state index in [0.29, 0.717) is 23.0 Å². The van der Waals surface area contributed by atoms with E-state index in [9.17, 15) is 4.79 Å². The van der Waals surface area contributed by atoms with Gasteiger partial charge in [-0.15, -0.1) is 0 Å². The van der Waals surface area contributed by atoms with E-state index < -0.39 is 0 Å². The van der Waals surface area contributed by atoms with E-state index in [1.165, 1.54) is 0 Å². The Morgan fingerprint density at radius 3 is 2.78 bits per heavy atom. The third kappa shape index (κ3) is 4.31. The number of aromatic nitrogens is 4.